The maximum absolute atomic E-state index is 11.0. The number of H-pyrrole nitrogens is 1. The highest BCUT2D eigenvalue weighted by Gasteiger charge is 2.33. The standard InChI is InChI=1S/C26H33ClN6O2/c1-33-13-8-19(9-14-33)30-22-21(27)16-28-25-23(22)31-24(32-25)18-4-6-20(7-5-18)35-15-12-26(29-17-34)10-2-3-11-26/h4-7,16-17,19H,2-3,8-15H2,1H3,(H,29,34)(H2,28,30,31,32). The molecule has 0 bridgehead atoms. The predicted octanol–water partition coefficient (Wildman–Crippen LogP) is 4.61. The summed E-state index contributed by atoms with van der Waals surface area (Å²) < 4.78 is 5.99. The molecule has 0 spiro atoms. The Kier molecular flexibility index (Phi) is 7.11. The van der Waals surface area contributed by atoms with Crippen LogP contribution in [0.3, 0.4) is 0 Å². The molecule has 9 heteroatoms. The predicted molar refractivity (Wildman–Crippen MR) is 139 cm³/mol. The van der Waals surface area contributed by atoms with Gasteiger partial charge in [0.05, 0.1) is 23.5 Å². The van der Waals surface area contributed by atoms with Gasteiger partial charge in [-0.15, -0.1) is 0 Å². The topological polar surface area (TPSA) is 95.2 Å². The number of anilines is 1. The molecule has 1 aliphatic carbocycles. The van der Waals surface area contributed by atoms with Crippen LogP contribution in [0, 0.1) is 0 Å². The fourth-order valence-corrected chi connectivity index (χ4v) is 5.47. The number of hydrogen-bond acceptors (Lipinski definition) is 6. The van der Waals surface area contributed by atoms with Crippen molar-refractivity contribution in [1.82, 2.24) is 25.2 Å². The van der Waals surface area contributed by atoms with Crippen LogP contribution in [0.25, 0.3) is 22.6 Å². The van der Waals surface area contributed by atoms with E-state index in [4.69, 9.17) is 21.3 Å². The fraction of sp³-hybridized carbons (Fsp3) is 0.500. The van der Waals surface area contributed by atoms with Gasteiger partial charge in [0, 0.05) is 23.6 Å². The number of pyridine rings is 1. The van der Waals surface area contributed by atoms with E-state index in [9.17, 15) is 4.79 Å². The number of piperidine rings is 1. The van der Waals surface area contributed by atoms with E-state index in [0.717, 1.165) is 92.8 Å². The van der Waals surface area contributed by atoms with E-state index in [-0.39, 0.29) is 5.54 Å². The number of hydrogen-bond donors (Lipinski definition) is 3. The third kappa shape index (κ3) is 5.38. The molecule has 3 heterocycles. The van der Waals surface area contributed by atoms with Gasteiger partial charge in [0.1, 0.15) is 17.1 Å². The molecule has 3 N–H and O–H groups in total. The number of amides is 1. The number of imidazole rings is 1. The molecule has 3 aromatic rings. The summed E-state index contributed by atoms with van der Waals surface area (Å²) >= 11 is 6.52. The van der Waals surface area contributed by atoms with Crippen LogP contribution in [-0.4, -0.2) is 64.6 Å². The van der Waals surface area contributed by atoms with Gasteiger partial charge < -0.3 is 25.3 Å². The highest BCUT2D eigenvalue weighted by molar-refractivity contribution is 6.34. The molecular formula is C26H33ClN6O2. The normalized spacial score (nSPS) is 18.6. The number of aromatic amines is 1. The summed E-state index contributed by atoms with van der Waals surface area (Å²) in [5, 5.41) is 7.23. The third-order valence-electron chi connectivity index (χ3n) is 7.44. The van der Waals surface area contributed by atoms with Crippen molar-refractivity contribution < 1.29 is 9.53 Å². The first-order valence-electron chi connectivity index (χ1n) is 12.5. The van der Waals surface area contributed by atoms with E-state index < -0.39 is 0 Å². The molecule has 0 atom stereocenters. The molecular weight excluding hydrogens is 464 g/mol. The highest BCUT2D eigenvalue weighted by Crippen LogP contribution is 2.34. The Morgan fingerprint density at radius 3 is 2.69 bits per heavy atom. The summed E-state index contributed by atoms with van der Waals surface area (Å²) in [6, 6.07) is 8.27. The van der Waals surface area contributed by atoms with Crippen molar-refractivity contribution in [3.63, 3.8) is 0 Å². The molecule has 186 valence electrons. The minimum absolute atomic E-state index is 0.108. The number of aromatic nitrogens is 3. The van der Waals surface area contributed by atoms with E-state index in [1.807, 2.05) is 24.3 Å². The SMILES string of the molecule is CN1CCC(Nc2c(Cl)cnc3[nH]c(-c4ccc(OCCC5(NC=O)CCCC5)cc4)nc23)CC1. The van der Waals surface area contributed by atoms with E-state index in [2.05, 4.69) is 32.5 Å². The Morgan fingerprint density at radius 1 is 1.23 bits per heavy atom. The number of benzene rings is 1. The average Bonchev–Trinajstić information content (AvgIpc) is 3.51. The first kappa shape index (κ1) is 23.9. The molecule has 2 aliphatic rings. The Morgan fingerprint density at radius 2 is 1.97 bits per heavy atom. The molecule has 1 saturated heterocycles. The van der Waals surface area contributed by atoms with Gasteiger partial charge in [0.2, 0.25) is 6.41 Å². The van der Waals surface area contributed by atoms with Gasteiger partial charge >= 0.3 is 0 Å². The number of halogens is 1. The Bertz CT molecular complexity index is 1150. The molecule has 8 nitrogen and oxygen atoms in total. The molecule has 1 aliphatic heterocycles. The lowest BCUT2D eigenvalue weighted by Crippen LogP contribution is -2.43. The second kappa shape index (κ2) is 10.4. The lowest BCUT2D eigenvalue weighted by atomic mass is 9.94. The number of nitrogens with zero attached hydrogens (tertiary/aromatic N) is 3. The second-order valence-electron chi connectivity index (χ2n) is 9.86. The van der Waals surface area contributed by atoms with E-state index in [0.29, 0.717) is 23.3 Å². The van der Waals surface area contributed by atoms with Crippen molar-refractivity contribution in [3.05, 3.63) is 35.5 Å². The Labute approximate surface area is 210 Å². The summed E-state index contributed by atoms with van der Waals surface area (Å²) in [5.74, 6) is 1.54. The van der Waals surface area contributed by atoms with Crippen LogP contribution in [0.1, 0.15) is 44.9 Å². The van der Waals surface area contributed by atoms with Crippen LogP contribution in [0.2, 0.25) is 5.02 Å². The Balaban J connectivity index is 1.26. The molecule has 1 aromatic carbocycles. The largest absolute Gasteiger partial charge is 0.494 e. The zero-order chi connectivity index (χ0) is 24.3. The molecule has 2 fully saturated rings. The van der Waals surface area contributed by atoms with Crippen LogP contribution in [0.4, 0.5) is 5.69 Å². The highest BCUT2D eigenvalue weighted by atomic mass is 35.5. The van der Waals surface area contributed by atoms with Crippen LogP contribution >= 0.6 is 11.6 Å². The fourth-order valence-electron chi connectivity index (χ4n) is 5.28. The van der Waals surface area contributed by atoms with Gasteiger partial charge in [-0.05, 0) is 70.1 Å². The lowest BCUT2D eigenvalue weighted by Gasteiger charge is -2.30. The Hall–Kier alpha value is -2.84. The zero-order valence-electron chi connectivity index (χ0n) is 20.1. The molecule has 0 unspecified atom stereocenters. The number of ether oxygens (including phenoxy) is 1. The number of nitrogens with one attached hydrogen (secondary N) is 3. The molecule has 35 heavy (non-hydrogen) atoms. The summed E-state index contributed by atoms with van der Waals surface area (Å²) in [7, 11) is 2.15. The van der Waals surface area contributed by atoms with E-state index >= 15 is 0 Å². The van der Waals surface area contributed by atoms with Crippen molar-refractivity contribution in [3.8, 4) is 17.1 Å². The molecule has 1 amide bonds. The van der Waals surface area contributed by atoms with Crippen LogP contribution in [-0.2, 0) is 4.79 Å². The smallest absolute Gasteiger partial charge is 0.207 e. The summed E-state index contributed by atoms with van der Waals surface area (Å²) in [4.78, 5) is 26.0. The minimum Gasteiger partial charge on any atom is -0.494 e. The summed E-state index contributed by atoms with van der Waals surface area (Å²) in [6.07, 6.45) is 9.81. The average molecular weight is 497 g/mol. The minimum atomic E-state index is -0.108. The summed E-state index contributed by atoms with van der Waals surface area (Å²) in [5.41, 5.74) is 3.16. The van der Waals surface area contributed by atoms with Crippen LogP contribution in [0.15, 0.2) is 30.5 Å². The zero-order valence-corrected chi connectivity index (χ0v) is 20.9. The van der Waals surface area contributed by atoms with Crippen molar-refractivity contribution in [2.45, 2.75) is 56.5 Å². The third-order valence-corrected chi connectivity index (χ3v) is 7.72. The first-order chi connectivity index (χ1) is 17.0. The number of carbonyl (C=O) groups is 1. The summed E-state index contributed by atoms with van der Waals surface area (Å²) in [6.45, 7) is 2.70. The monoisotopic (exact) mass is 496 g/mol. The van der Waals surface area contributed by atoms with Gasteiger partial charge in [0.15, 0.2) is 5.65 Å². The van der Waals surface area contributed by atoms with Crippen molar-refractivity contribution in [1.29, 1.82) is 0 Å². The second-order valence-corrected chi connectivity index (χ2v) is 10.3. The maximum atomic E-state index is 11.0. The number of likely N-dealkylation sites (tertiary alicyclic amines) is 1. The first-order valence-corrected chi connectivity index (χ1v) is 12.9. The van der Waals surface area contributed by atoms with Gasteiger partial charge in [-0.3, -0.25) is 4.79 Å². The van der Waals surface area contributed by atoms with Crippen LogP contribution in [0.5, 0.6) is 5.75 Å². The van der Waals surface area contributed by atoms with E-state index in [1.54, 1.807) is 6.20 Å². The number of fused-ring (bicyclic) bond motifs is 1. The van der Waals surface area contributed by atoms with Crippen molar-refractivity contribution in [2.24, 2.45) is 0 Å². The van der Waals surface area contributed by atoms with Crippen molar-refractivity contribution >= 4 is 34.9 Å². The molecule has 0 radical (unpaired) electrons. The van der Waals surface area contributed by atoms with Crippen LogP contribution < -0.4 is 15.4 Å². The number of carbonyl (C=O) groups excluding carboxylic acids is 1. The molecule has 5 rings (SSSR count). The lowest BCUT2D eigenvalue weighted by molar-refractivity contribution is -0.111. The number of rotatable bonds is 9. The quantitative estimate of drug-likeness (QED) is 0.374. The van der Waals surface area contributed by atoms with Gasteiger partial charge in [-0.2, -0.15) is 0 Å². The van der Waals surface area contributed by atoms with E-state index in [1.165, 1.54) is 0 Å². The van der Waals surface area contributed by atoms with Crippen molar-refractivity contribution in [2.75, 3.05) is 32.1 Å². The molecule has 2 aromatic heterocycles. The maximum Gasteiger partial charge on any atom is 0.207 e. The molecule has 1 saturated carbocycles. The van der Waals surface area contributed by atoms with Gasteiger partial charge in [-0.25, -0.2) is 9.97 Å². The van der Waals surface area contributed by atoms with Gasteiger partial charge in [0.25, 0.3) is 0 Å². The van der Waals surface area contributed by atoms with Gasteiger partial charge in [-0.1, -0.05) is 24.4 Å².